The number of nitrogens with zero attached hydrogens (tertiary/aromatic N) is 1. The van der Waals surface area contributed by atoms with Crippen molar-refractivity contribution < 1.29 is 14.5 Å². The number of hydrogen-bond acceptors (Lipinski definition) is 5. The third kappa shape index (κ3) is 3.92. The van der Waals surface area contributed by atoms with Gasteiger partial charge in [-0.15, -0.1) is 0 Å². The van der Waals surface area contributed by atoms with E-state index in [9.17, 15) is 14.9 Å². The summed E-state index contributed by atoms with van der Waals surface area (Å²) in [5.41, 5.74) is 0.477. The summed E-state index contributed by atoms with van der Waals surface area (Å²) in [4.78, 5) is 22.0. The van der Waals surface area contributed by atoms with E-state index in [0.717, 1.165) is 0 Å². The Morgan fingerprint density at radius 1 is 1.53 bits per heavy atom. The van der Waals surface area contributed by atoms with E-state index in [0.29, 0.717) is 12.3 Å². The van der Waals surface area contributed by atoms with Gasteiger partial charge in [0.1, 0.15) is 5.69 Å². The lowest BCUT2D eigenvalue weighted by Crippen LogP contribution is -2.22. The van der Waals surface area contributed by atoms with Gasteiger partial charge < -0.3 is 15.4 Å². The molecule has 7 heteroatoms. The van der Waals surface area contributed by atoms with E-state index in [-0.39, 0.29) is 23.2 Å². The van der Waals surface area contributed by atoms with Crippen molar-refractivity contribution in [3.05, 3.63) is 33.9 Å². The van der Waals surface area contributed by atoms with Gasteiger partial charge in [-0.3, -0.25) is 14.9 Å². The van der Waals surface area contributed by atoms with Crippen LogP contribution in [0.15, 0.2) is 18.2 Å². The van der Waals surface area contributed by atoms with Crippen molar-refractivity contribution in [2.45, 2.75) is 13.0 Å². The first kappa shape index (κ1) is 14.9. The fourth-order valence-corrected chi connectivity index (χ4v) is 1.65. The molecule has 0 aliphatic rings. The number of amides is 1. The molecule has 0 aliphatic carbocycles. The molecule has 2 N–H and O–H groups in total. The second kappa shape index (κ2) is 6.69. The summed E-state index contributed by atoms with van der Waals surface area (Å²) in [5, 5.41) is 16.4. The number of nitro benzene ring substituents is 1. The molecule has 0 aromatic heterocycles. The van der Waals surface area contributed by atoms with E-state index in [1.165, 1.54) is 25.2 Å². The summed E-state index contributed by atoms with van der Waals surface area (Å²) in [6.07, 6.45) is 0. The summed E-state index contributed by atoms with van der Waals surface area (Å²) in [5.74, 6) is -0.361. The number of rotatable bonds is 6. The lowest BCUT2D eigenvalue weighted by Gasteiger charge is -2.14. The average molecular weight is 267 g/mol. The maximum Gasteiger partial charge on any atom is 0.293 e. The zero-order valence-electron chi connectivity index (χ0n) is 11.1. The molecule has 104 valence electrons. The van der Waals surface area contributed by atoms with Crippen LogP contribution in [0.4, 0.5) is 11.4 Å². The third-order valence-corrected chi connectivity index (χ3v) is 2.50. The maximum atomic E-state index is 11.5. The lowest BCUT2D eigenvalue weighted by molar-refractivity contribution is -0.384. The van der Waals surface area contributed by atoms with Crippen LogP contribution in [0.2, 0.25) is 0 Å². The fourth-order valence-electron chi connectivity index (χ4n) is 1.65. The summed E-state index contributed by atoms with van der Waals surface area (Å²) in [7, 11) is 3.03. The normalized spacial score (nSPS) is 11.7. The number of hydrogen-bond donors (Lipinski definition) is 2. The molecule has 0 spiro atoms. The minimum absolute atomic E-state index is 0.0745. The van der Waals surface area contributed by atoms with Crippen LogP contribution in [0.3, 0.4) is 0 Å². The molecule has 1 unspecified atom stereocenters. The van der Waals surface area contributed by atoms with Crippen LogP contribution >= 0.6 is 0 Å². The summed E-state index contributed by atoms with van der Waals surface area (Å²) in [6.45, 7) is 2.27. The Balaban J connectivity index is 3.05. The van der Waals surface area contributed by atoms with E-state index in [1.807, 2.05) is 6.92 Å². The monoisotopic (exact) mass is 267 g/mol. The largest absolute Gasteiger partial charge is 0.383 e. The molecule has 1 amide bonds. The Morgan fingerprint density at radius 3 is 2.74 bits per heavy atom. The predicted molar refractivity (Wildman–Crippen MR) is 71.4 cm³/mol. The van der Waals surface area contributed by atoms with Gasteiger partial charge in [0.25, 0.3) is 11.6 Å². The molecule has 0 saturated carbocycles. The highest BCUT2D eigenvalue weighted by Gasteiger charge is 2.18. The van der Waals surface area contributed by atoms with Crippen molar-refractivity contribution >= 4 is 17.3 Å². The lowest BCUT2D eigenvalue weighted by atomic mass is 10.1. The first-order chi connectivity index (χ1) is 8.99. The van der Waals surface area contributed by atoms with Crippen molar-refractivity contribution in [2.24, 2.45) is 0 Å². The van der Waals surface area contributed by atoms with Gasteiger partial charge in [0.05, 0.1) is 11.5 Å². The first-order valence-electron chi connectivity index (χ1n) is 5.75. The second-order valence-electron chi connectivity index (χ2n) is 4.07. The molecule has 0 aliphatic heterocycles. The van der Waals surface area contributed by atoms with E-state index in [2.05, 4.69) is 10.6 Å². The zero-order chi connectivity index (χ0) is 14.4. The van der Waals surface area contributed by atoms with Crippen LogP contribution in [0.5, 0.6) is 0 Å². The van der Waals surface area contributed by atoms with Crippen molar-refractivity contribution in [1.82, 2.24) is 5.32 Å². The van der Waals surface area contributed by atoms with E-state index < -0.39 is 4.92 Å². The molecule has 1 aromatic rings. The Kier molecular flexibility index (Phi) is 5.25. The Labute approximate surface area is 111 Å². The van der Waals surface area contributed by atoms with Crippen LogP contribution in [-0.4, -0.2) is 37.6 Å². The molecule has 0 bridgehead atoms. The SMILES string of the molecule is CNC(=O)c1ccc(NC(C)COC)c([N+](=O)[O-])c1. The number of nitro groups is 1. The van der Waals surface area contributed by atoms with E-state index in [1.54, 1.807) is 7.11 Å². The quantitative estimate of drug-likeness (QED) is 0.600. The maximum absolute atomic E-state index is 11.5. The van der Waals surface area contributed by atoms with Crippen LogP contribution in [0.25, 0.3) is 0 Å². The van der Waals surface area contributed by atoms with Gasteiger partial charge in [-0.25, -0.2) is 0 Å². The molecule has 0 heterocycles. The summed E-state index contributed by atoms with van der Waals surface area (Å²) < 4.78 is 4.96. The van der Waals surface area contributed by atoms with Gasteiger partial charge >= 0.3 is 0 Å². The topological polar surface area (TPSA) is 93.5 Å². The Hall–Kier alpha value is -2.15. The number of nitrogens with one attached hydrogen (secondary N) is 2. The summed E-state index contributed by atoms with van der Waals surface area (Å²) >= 11 is 0. The van der Waals surface area contributed by atoms with Gasteiger partial charge in [-0.05, 0) is 19.1 Å². The van der Waals surface area contributed by atoms with Crippen molar-refractivity contribution in [3.8, 4) is 0 Å². The van der Waals surface area contributed by atoms with Gasteiger partial charge in [-0.2, -0.15) is 0 Å². The van der Waals surface area contributed by atoms with Gasteiger partial charge in [0.2, 0.25) is 0 Å². The highest BCUT2D eigenvalue weighted by molar-refractivity contribution is 5.95. The third-order valence-electron chi connectivity index (χ3n) is 2.50. The van der Waals surface area contributed by atoms with Crippen molar-refractivity contribution in [1.29, 1.82) is 0 Å². The minimum atomic E-state index is -0.520. The smallest absolute Gasteiger partial charge is 0.293 e. The molecule has 1 atom stereocenters. The molecule has 0 saturated heterocycles. The fraction of sp³-hybridized carbons (Fsp3) is 0.417. The first-order valence-corrected chi connectivity index (χ1v) is 5.75. The van der Waals surface area contributed by atoms with Gasteiger partial charge in [0, 0.05) is 31.8 Å². The van der Waals surface area contributed by atoms with Crippen LogP contribution in [-0.2, 0) is 4.74 Å². The molecule has 1 rings (SSSR count). The van der Waals surface area contributed by atoms with Crippen molar-refractivity contribution in [2.75, 3.05) is 26.1 Å². The standard InChI is InChI=1S/C12H17N3O4/c1-8(7-19-3)14-10-5-4-9(12(16)13-2)6-11(10)15(17)18/h4-6,8,14H,7H2,1-3H3,(H,13,16). The number of anilines is 1. The number of methoxy groups -OCH3 is 1. The molecule has 1 aromatic carbocycles. The average Bonchev–Trinajstić information content (AvgIpc) is 2.38. The van der Waals surface area contributed by atoms with Crippen LogP contribution in [0, 0.1) is 10.1 Å². The van der Waals surface area contributed by atoms with Gasteiger partial charge in [0.15, 0.2) is 0 Å². The predicted octanol–water partition coefficient (Wildman–Crippen LogP) is 1.40. The minimum Gasteiger partial charge on any atom is -0.383 e. The zero-order valence-corrected chi connectivity index (χ0v) is 11.1. The van der Waals surface area contributed by atoms with E-state index in [4.69, 9.17) is 4.74 Å². The summed E-state index contributed by atoms with van der Waals surface area (Å²) in [6, 6.07) is 4.23. The second-order valence-corrected chi connectivity index (χ2v) is 4.07. The molecule has 19 heavy (non-hydrogen) atoms. The van der Waals surface area contributed by atoms with Crippen molar-refractivity contribution in [3.63, 3.8) is 0 Å². The highest BCUT2D eigenvalue weighted by atomic mass is 16.6. The van der Waals surface area contributed by atoms with Gasteiger partial charge in [-0.1, -0.05) is 0 Å². The van der Waals surface area contributed by atoms with E-state index >= 15 is 0 Å². The molecule has 7 nitrogen and oxygen atoms in total. The number of carbonyl (C=O) groups is 1. The number of ether oxygens (including phenoxy) is 1. The molecular formula is C12H17N3O4. The molecular weight excluding hydrogens is 250 g/mol. The highest BCUT2D eigenvalue weighted by Crippen LogP contribution is 2.26. The number of carbonyl (C=O) groups excluding carboxylic acids is 1. The Morgan fingerprint density at radius 2 is 2.21 bits per heavy atom. The Bertz CT molecular complexity index is 476. The van der Waals surface area contributed by atoms with Crippen LogP contribution < -0.4 is 10.6 Å². The number of benzene rings is 1. The molecule has 0 fully saturated rings. The molecule has 0 radical (unpaired) electrons. The van der Waals surface area contributed by atoms with Crippen LogP contribution in [0.1, 0.15) is 17.3 Å².